The molecule has 3 aromatic rings. The van der Waals surface area contributed by atoms with Gasteiger partial charge in [0, 0.05) is 6.20 Å². The molecule has 0 unspecified atom stereocenters. The summed E-state index contributed by atoms with van der Waals surface area (Å²) in [6.07, 6.45) is 5.06. The molecule has 2 heterocycles. The average Bonchev–Trinajstić information content (AvgIpc) is 2.74. The molecular weight excluding hydrogens is 204 g/mol. The van der Waals surface area contributed by atoms with E-state index in [1.54, 1.807) is 17.1 Å². The van der Waals surface area contributed by atoms with Gasteiger partial charge in [-0.15, -0.1) is 0 Å². The highest BCUT2D eigenvalue weighted by molar-refractivity contribution is 5.74. The molecule has 2 aromatic heterocycles. The van der Waals surface area contributed by atoms with E-state index < -0.39 is 0 Å². The summed E-state index contributed by atoms with van der Waals surface area (Å²) in [4.78, 5) is 8.16. The van der Waals surface area contributed by atoms with Crippen LogP contribution in [0, 0.1) is 0 Å². The van der Waals surface area contributed by atoms with Gasteiger partial charge in [0.15, 0.2) is 5.65 Å². The minimum Gasteiger partial charge on any atom is -0.412 e. The number of hydrogen-bond donors (Lipinski definition) is 0. The molecule has 0 amide bonds. The van der Waals surface area contributed by atoms with Crippen molar-refractivity contribution in [3.8, 4) is 5.69 Å². The van der Waals surface area contributed by atoms with E-state index >= 15 is 0 Å². The van der Waals surface area contributed by atoms with Crippen LogP contribution in [0.15, 0.2) is 49.1 Å². The number of hydrogen-bond acceptors (Lipinski definition) is 3. The SMILES string of the molecule is O.c1ccc(-n2ncc3cncnc32)cc1. The molecule has 0 atom stereocenters. The highest BCUT2D eigenvalue weighted by Gasteiger charge is 2.04. The average molecular weight is 214 g/mol. The number of aromatic nitrogens is 4. The van der Waals surface area contributed by atoms with Crippen molar-refractivity contribution in [2.45, 2.75) is 0 Å². The van der Waals surface area contributed by atoms with Crippen LogP contribution < -0.4 is 0 Å². The van der Waals surface area contributed by atoms with Crippen LogP contribution in [0.2, 0.25) is 0 Å². The van der Waals surface area contributed by atoms with Gasteiger partial charge in [-0.2, -0.15) is 5.10 Å². The molecule has 0 saturated carbocycles. The number of rotatable bonds is 1. The summed E-state index contributed by atoms with van der Waals surface area (Å²) >= 11 is 0. The van der Waals surface area contributed by atoms with Crippen LogP contribution in [-0.2, 0) is 0 Å². The lowest BCUT2D eigenvalue weighted by molar-refractivity contribution is 0.824. The summed E-state index contributed by atoms with van der Waals surface area (Å²) in [5, 5.41) is 5.23. The van der Waals surface area contributed by atoms with Gasteiger partial charge in [-0.1, -0.05) is 18.2 Å². The van der Waals surface area contributed by atoms with Crippen molar-refractivity contribution in [1.29, 1.82) is 0 Å². The quantitative estimate of drug-likeness (QED) is 0.606. The van der Waals surface area contributed by atoms with Gasteiger partial charge < -0.3 is 5.48 Å². The van der Waals surface area contributed by atoms with Crippen LogP contribution in [-0.4, -0.2) is 25.2 Å². The van der Waals surface area contributed by atoms with Gasteiger partial charge in [-0.05, 0) is 12.1 Å². The van der Waals surface area contributed by atoms with Crippen molar-refractivity contribution >= 4 is 11.0 Å². The molecule has 0 aliphatic heterocycles. The Labute approximate surface area is 91.7 Å². The van der Waals surface area contributed by atoms with Crippen LogP contribution in [0.25, 0.3) is 16.7 Å². The molecular formula is C11H10N4O. The van der Waals surface area contributed by atoms with Gasteiger partial charge >= 0.3 is 0 Å². The predicted octanol–water partition coefficient (Wildman–Crippen LogP) is 0.991. The van der Waals surface area contributed by atoms with Crippen molar-refractivity contribution in [1.82, 2.24) is 19.7 Å². The molecule has 5 nitrogen and oxygen atoms in total. The van der Waals surface area contributed by atoms with Gasteiger partial charge in [0.2, 0.25) is 0 Å². The minimum absolute atomic E-state index is 0. The number of para-hydroxylation sites is 1. The Balaban J connectivity index is 0.000000963. The zero-order valence-electron chi connectivity index (χ0n) is 8.41. The Kier molecular flexibility index (Phi) is 2.61. The Morgan fingerprint density at radius 3 is 2.62 bits per heavy atom. The fourth-order valence-electron chi connectivity index (χ4n) is 1.53. The lowest BCUT2D eigenvalue weighted by Gasteiger charge is -2.00. The monoisotopic (exact) mass is 214 g/mol. The van der Waals surface area contributed by atoms with Gasteiger partial charge in [0.05, 0.1) is 17.3 Å². The molecule has 0 aliphatic rings. The van der Waals surface area contributed by atoms with E-state index in [1.807, 2.05) is 30.3 Å². The Hall–Kier alpha value is -2.27. The van der Waals surface area contributed by atoms with Crippen LogP contribution in [0.3, 0.4) is 0 Å². The number of benzene rings is 1. The Morgan fingerprint density at radius 1 is 1.00 bits per heavy atom. The lowest BCUT2D eigenvalue weighted by Crippen LogP contribution is -1.96. The van der Waals surface area contributed by atoms with E-state index in [0.29, 0.717) is 0 Å². The van der Waals surface area contributed by atoms with Crippen molar-refractivity contribution in [2.24, 2.45) is 0 Å². The van der Waals surface area contributed by atoms with Crippen LogP contribution in [0.1, 0.15) is 0 Å². The topological polar surface area (TPSA) is 75.1 Å². The van der Waals surface area contributed by atoms with Crippen molar-refractivity contribution in [2.75, 3.05) is 0 Å². The van der Waals surface area contributed by atoms with Gasteiger partial charge in [0.25, 0.3) is 0 Å². The van der Waals surface area contributed by atoms with Gasteiger partial charge in [0.1, 0.15) is 6.33 Å². The Morgan fingerprint density at radius 2 is 1.81 bits per heavy atom. The van der Waals surface area contributed by atoms with E-state index in [-0.39, 0.29) is 5.48 Å². The third-order valence-electron chi connectivity index (χ3n) is 2.23. The highest BCUT2D eigenvalue weighted by atomic mass is 16.0. The Bertz CT molecular complexity index is 591. The smallest absolute Gasteiger partial charge is 0.166 e. The zero-order chi connectivity index (χ0) is 10.1. The predicted molar refractivity (Wildman–Crippen MR) is 60.3 cm³/mol. The number of nitrogens with zero attached hydrogens (tertiary/aromatic N) is 4. The molecule has 1 aromatic carbocycles. The van der Waals surface area contributed by atoms with Crippen molar-refractivity contribution in [3.63, 3.8) is 0 Å². The first-order chi connectivity index (χ1) is 7.45. The second kappa shape index (κ2) is 4.08. The van der Waals surface area contributed by atoms with Crippen molar-refractivity contribution in [3.05, 3.63) is 49.1 Å². The first kappa shape index (κ1) is 10.3. The summed E-state index contributed by atoms with van der Waals surface area (Å²) in [7, 11) is 0. The van der Waals surface area contributed by atoms with Crippen LogP contribution in [0.4, 0.5) is 0 Å². The molecule has 0 fully saturated rings. The zero-order valence-corrected chi connectivity index (χ0v) is 8.41. The fourth-order valence-corrected chi connectivity index (χ4v) is 1.53. The maximum atomic E-state index is 4.28. The molecule has 0 saturated heterocycles. The first-order valence-corrected chi connectivity index (χ1v) is 4.64. The molecule has 16 heavy (non-hydrogen) atoms. The molecule has 3 rings (SSSR count). The normalized spacial score (nSPS) is 10.0. The van der Waals surface area contributed by atoms with Gasteiger partial charge in [-0.3, -0.25) is 0 Å². The second-order valence-corrected chi connectivity index (χ2v) is 3.19. The first-order valence-electron chi connectivity index (χ1n) is 4.64. The molecule has 5 heteroatoms. The largest absolute Gasteiger partial charge is 0.412 e. The maximum Gasteiger partial charge on any atom is 0.166 e. The van der Waals surface area contributed by atoms with E-state index in [2.05, 4.69) is 15.1 Å². The van der Waals surface area contributed by atoms with E-state index in [1.165, 1.54) is 6.33 Å². The fraction of sp³-hybridized carbons (Fsp3) is 0. The standard InChI is InChI=1S/C11H8N4.H2O/c1-2-4-10(5-3-1)15-11-9(7-14-15)6-12-8-13-11;/h1-8H;1H2. The summed E-state index contributed by atoms with van der Waals surface area (Å²) in [6, 6.07) is 9.92. The van der Waals surface area contributed by atoms with Crippen LogP contribution >= 0.6 is 0 Å². The minimum atomic E-state index is 0. The van der Waals surface area contributed by atoms with E-state index in [0.717, 1.165) is 16.7 Å². The molecule has 0 aliphatic carbocycles. The van der Waals surface area contributed by atoms with Gasteiger partial charge in [-0.25, -0.2) is 14.6 Å². The highest BCUT2D eigenvalue weighted by Crippen LogP contribution is 2.13. The third kappa shape index (κ3) is 1.53. The third-order valence-corrected chi connectivity index (χ3v) is 2.23. The molecule has 0 radical (unpaired) electrons. The second-order valence-electron chi connectivity index (χ2n) is 3.19. The summed E-state index contributed by atoms with van der Waals surface area (Å²) in [5.41, 5.74) is 1.84. The van der Waals surface area contributed by atoms with E-state index in [4.69, 9.17) is 0 Å². The maximum absolute atomic E-state index is 4.28. The lowest BCUT2D eigenvalue weighted by atomic mass is 10.3. The molecule has 0 spiro atoms. The van der Waals surface area contributed by atoms with E-state index in [9.17, 15) is 0 Å². The molecule has 2 N–H and O–H groups in total. The summed E-state index contributed by atoms with van der Waals surface area (Å²) in [5.74, 6) is 0. The molecule has 0 bridgehead atoms. The summed E-state index contributed by atoms with van der Waals surface area (Å²) < 4.78 is 1.80. The molecule has 80 valence electrons. The summed E-state index contributed by atoms with van der Waals surface area (Å²) in [6.45, 7) is 0. The number of fused-ring (bicyclic) bond motifs is 1. The van der Waals surface area contributed by atoms with Crippen molar-refractivity contribution < 1.29 is 5.48 Å². The van der Waals surface area contributed by atoms with Crippen LogP contribution in [0.5, 0.6) is 0 Å².